The van der Waals surface area contributed by atoms with E-state index in [1.165, 1.54) is 12.0 Å². The van der Waals surface area contributed by atoms with Crippen molar-refractivity contribution in [2.75, 3.05) is 25.0 Å². The van der Waals surface area contributed by atoms with Crippen molar-refractivity contribution >= 4 is 11.6 Å². The molecule has 0 aliphatic carbocycles. The first-order valence-corrected chi connectivity index (χ1v) is 7.80. The Morgan fingerprint density at radius 3 is 2.81 bits per heavy atom. The Morgan fingerprint density at radius 2 is 2.14 bits per heavy atom. The first-order chi connectivity index (χ1) is 9.99. The van der Waals surface area contributed by atoms with E-state index in [4.69, 9.17) is 5.73 Å². The van der Waals surface area contributed by atoms with E-state index in [0.29, 0.717) is 25.0 Å². The molecule has 3 N–H and O–H groups in total. The fraction of sp³-hybridized carbons (Fsp3) is 0.588. The Labute approximate surface area is 127 Å². The first kappa shape index (κ1) is 16.0. The molecule has 21 heavy (non-hydrogen) atoms. The normalized spacial score (nSPS) is 23.0. The summed E-state index contributed by atoms with van der Waals surface area (Å²) in [6.07, 6.45) is 2.30. The second kappa shape index (κ2) is 7.05. The minimum Gasteiger partial charge on any atom is -0.330 e. The van der Waals surface area contributed by atoms with E-state index in [2.05, 4.69) is 30.1 Å². The number of nitrogens with two attached hydrogens (primary N) is 1. The van der Waals surface area contributed by atoms with Gasteiger partial charge in [0.15, 0.2) is 0 Å². The molecule has 2 rings (SSSR count). The maximum atomic E-state index is 12.3. The van der Waals surface area contributed by atoms with Gasteiger partial charge in [-0.3, -0.25) is 9.69 Å². The molecule has 0 aromatic heterocycles. The van der Waals surface area contributed by atoms with Gasteiger partial charge in [-0.05, 0) is 57.7 Å². The molecule has 1 aromatic carbocycles. The van der Waals surface area contributed by atoms with Crippen LogP contribution >= 0.6 is 0 Å². The molecule has 0 saturated carbocycles. The lowest BCUT2D eigenvalue weighted by Crippen LogP contribution is -2.47. The van der Waals surface area contributed by atoms with E-state index >= 15 is 0 Å². The molecule has 116 valence electrons. The molecule has 1 saturated heterocycles. The van der Waals surface area contributed by atoms with Crippen molar-refractivity contribution in [3.05, 3.63) is 29.3 Å². The molecular weight excluding hydrogens is 262 g/mol. The third-order valence-electron chi connectivity index (χ3n) is 4.44. The van der Waals surface area contributed by atoms with Crippen LogP contribution in [0.4, 0.5) is 5.69 Å². The summed E-state index contributed by atoms with van der Waals surface area (Å²) in [5, 5.41) is 3.03. The average molecular weight is 289 g/mol. The summed E-state index contributed by atoms with van der Waals surface area (Å²) in [4.78, 5) is 14.5. The van der Waals surface area contributed by atoms with Crippen molar-refractivity contribution in [3.8, 4) is 0 Å². The van der Waals surface area contributed by atoms with Gasteiger partial charge in [0.2, 0.25) is 5.91 Å². The highest BCUT2D eigenvalue weighted by atomic mass is 16.2. The number of likely N-dealkylation sites (tertiary alicyclic amines) is 1. The Hall–Kier alpha value is -1.39. The van der Waals surface area contributed by atoms with Crippen LogP contribution in [-0.2, 0) is 4.79 Å². The SMILES string of the molecule is Cc1ccc(NC(=O)CN2CC(CN)CCC2C)c(C)c1. The number of carbonyl (C=O) groups excluding carboxylic acids is 1. The summed E-state index contributed by atoms with van der Waals surface area (Å²) < 4.78 is 0. The predicted octanol–water partition coefficient (Wildman–Crippen LogP) is 2.30. The van der Waals surface area contributed by atoms with E-state index in [1.54, 1.807) is 0 Å². The summed E-state index contributed by atoms with van der Waals surface area (Å²) in [5.74, 6) is 0.585. The molecule has 2 atom stereocenters. The number of anilines is 1. The Balaban J connectivity index is 1.94. The largest absolute Gasteiger partial charge is 0.330 e. The minimum atomic E-state index is 0.0616. The third-order valence-corrected chi connectivity index (χ3v) is 4.44. The van der Waals surface area contributed by atoms with Gasteiger partial charge in [-0.25, -0.2) is 0 Å². The zero-order valence-corrected chi connectivity index (χ0v) is 13.4. The van der Waals surface area contributed by atoms with Gasteiger partial charge < -0.3 is 11.1 Å². The second-order valence-electron chi connectivity index (χ2n) is 6.32. The van der Waals surface area contributed by atoms with Gasteiger partial charge in [-0.1, -0.05) is 17.7 Å². The first-order valence-electron chi connectivity index (χ1n) is 7.80. The van der Waals surface area contributed by atoms with Crippen molar-refractivity contribution < 1.29 is 4.79 Å². The zero-order valence-electron chi connectivity index (χ0n) is 13.4. The maximum Gasteiger partial charge on any atom is 0.238 e. The Kier molecular flexibility index (Phi) is 5.37. The molecule has 0 radical (unpaired) electrons. The van der Waals surface area contributed by atoms with Gasteiger partial charge in [0, 0.05) is 18.3 Å². The van der Waals surface area contributed by atoms with Gasteiger partial charge >= 0.3 is 0 Å². The van der Waals surface area contributed by atoms with E-state index in [0.717, 1.165) is 24.2 Å². The number of piperidine rings is 1. The van der Waals surface area contributed by atoms with Crippen LogP contribution in [0.2, 0.25) is 0 Å². The molecule has 1 amide bonds. The number of nitrogens with one attached hydrogen (secondary N) is 1. The van der Waals surface area contributed by atoms with Gasteiger partial charge in [-0.15, -0.1) is 0 Å². The Bertz CT molecular complexity index is 501. The number of aryl methyl sites for hydroxylation is 2. The van der Waals surface area contributed by atoms with Crippen molar-refractivity contribution in [3.63, 3.8) is 0 Å². The number of benzene rings is 1. The third kappa shape index (κ3) is 4.29. The van der Waals surface area contributed by atoms with E-state index in [1.807, 2.05) is 19.1 Å². The lowest BCUT2D eigenvalue weighted by molar-refractivity contribution is -0.118. The van der Waals surface area contributed by atoms with Crippen LogP contribution in [0.1, 0.15) is 30.9 Å². The van der Waals surface area contributed by atoms with Crippen LogP contribution < -0.4 is 11.1 Å². The molecule has 4 nitrogen and oxygen atoms in total. The van der Waals surface area contributed by atoms with Crippen LogP contribution in [0.25, 0.3) is 0 Å². The monoisotopic (exact) mass is 289 g/mol. The fourth-order valence-corrected chi connectivity index (χ4v) is 3.00. The predicted molar refractivity (Wildman–Crippen MR) is 87.4 cm³/mol. The molecule has 1 aliphatic rings. The maximum absolute atomic E-state index is 12.3. The molecule has 1 aliphatic heterocycles. The summed E-state index contributed by atoms with van der Waals surface area (Å²) in [6, 6.07) is 6.54. The molecule has 1 fully saturated rings. The standard InChI is InChI=1S/C17H27N3O/c1-12-4-7-16(13(2)8-12)19-17(21)11-20-10-15(9-18)6-5-14(20)3/h4,7-8,14-15H,5-6,9-11,18H2,1-3H3,(H,19,21). The van der Waals surface area contributed by atoms with Crippen LogP contribution in [0.15, 0.2) is 18.2 Å². The van der Waals surface area contributed by atoms with Crippen molar-refractivity contribution in [1.29, 1.82) is 0 Å². The van der Waals surface area contributed by atoms with Crippen LogP contribution in [-0.4, -0.2) is 36.5 Å². The number of rotatable bonds is 4. The number of hydrogen-bond acceptors (Lipinski definition) is 3. The highest BCUT2D eigenvalue weighted by Gasteiger charge is 2.26. The summed E-state index contributed by atoms with van der Waals surface area (Å²) >= 11 is 0. The van der Waals surface area contributed by atoms with Crippen LogP contribution in [0.5, 0.6) is 0 Å². The van der Waals surface area contributed by atoms with Crippen LogP contribution in [0, 0.1) is 19.8 Å². The number of hydrogen-bond donors (Lipinski definition) is 2. The lowest BCUT2D eigenvalue weighted by Gasteiger charge is -2.37. The second-order valence-corrected chi connectivity index (χ2v) is 6.32. The molecule has 0 bridgehead atoms. The minimum absolute atomic E-state index is 0.0616. The molecule has 4 heteroatoms. The topological polar surface area (TPSA) is 58.4 Å². The Morgan fingerprint density at radius 1 is 1.38 bits per heavy atom. The molecule has 1 heterocycles. The van der Waals surface area contributed by atoms with Crippen LogP contribution in [0.3, 0.4) is 0 Å². The van der Waals surface area contributed by atoms with Gasteiger partial charge in [0.25, 0.3) is 0 Å². The summed E-state index contributed by atoms with van der Waals surface area (Å²) in [5.41, 5.74) is 9.00. The highest BCUT2D eigenvalue weighted by Crippen LogP contribution is 2.21. The van der Waals surface area contributed by atoms with Gasteiger partial charge in [0.05, 0.1) is 6.54 Å². The smallest absolute Gasteiger partial charge is 0.238 e. The lowest BCUT2D eigenvalue weighted by atomic mass is 9.93. The quantitative estimate of drug-likeness (QED) is 0.894. The zero-order chi connectivity index (χ0) is 15.4. The molecule has 1 aromatic rings. The van der Waals surface area contributed by atoms with Gasteiger partial charge in [-0.2, -0.15) is 0 Å². The average Bonchev–Trinajstić information content (AvgIpc) is 2.44. The number of nitrogens with zero attached hydrogens (tertiary/aromatic N) is 1. The number of amides is 1. The summed E-state index contributed by atoms with van der Waals surface area (Å²) in [6.45, 7) is 8.36. The summed E-state index contributed by atoms with van der Waals surface area (Å²) in [7, 11) is 0. The van der Waals surface area contributed by atoms with Gasteiger partial charge in [0.1, 0.15) is 0 Å². The fourth-order valence-electron chi connectivity index (χ4n) is 3.00. The molecule has 2 unspecified atom stereocenters. The van der Waals surface area contributed by atoms with E-state index in [9.17, 15) is 4.79 Å². The van der Waals surface area contributed by atoms with Crippen molar-refractivity contribution in [1.82, 2.24) is 4.90 Å². The molecule has 0 spiro atoms. The van der Waals surface area contributed by atoms with E-state index in [-0.39, 0.29) is 5.91 Å². The van der Waals surface area contributed by atoms with Crippen molar-refractivity contribution in [2.45, 2.75) is 39.7 Å². The van der Waals surface area contributed by atoms with E-state index < -0.39 is 0 Å². The molecular formula is C17H27N3O. The number of carbonyl (C=O) groups is 1. The van der Waals surface area contributed by atoms with Crippen molar-refractivity contribution in [2.24, 2.45) is 11.7 Å². The highest BCUT2D eigenvalue weighted by molar-refractivity contribution is 5.93.